The van der Waals surface area contributed by atoms with Gasteiger partial charge in [-0.05, 0) is 47.0 Å². The Hall–Kier alpha value is -3.45. The summed E-state index contributed by atoms with van der Waals surface area (Å²) in [6.07, 6.45) is 1.42. The number of hydrogen-bond donors (Lipinski definition) is 1. The highest BCUT2D eigenvalue weighted by atomic mass is 19.1. The molecule has 0 saturated carbocycles. The fourth-order valence-corrected chi connectivity index (χ4v) is 3.65. The number of halogens is 1. The topological polar surface area (TPSA) is 65.9 Å². The van der Waals surface area contributed by atoms with Gasteiger partial charge in [-0.2, -0.15) is 4.39 Å². The molecule has 2 aromatic carbocycles. The minimum absolute atomic E-state index is 0.124. The molecular weight excluding hydrogens is 385 g/mol. The number of carbonyl (C=O) groups is 1. The van der Waals surface area contributed by atoms with Crippen LogP contribution in [0.5, 0.6) is 5.75 Å². The zero-order chi connectivity index (χ0) is 21.1. The zero-order valence-corrected chi connectivity index (χ0v) is 16.5. The van der Waals surface area contributed by atoms with Crippen LogP contribution in [0.2, 0.25) is 0 Å². The number of aromatic nitrogens is 1. The molecule has 1 fully saturated rings. The zero-order valence-electron chi connectivity index (χ0n) is 16.5. The van der Waals surface area contributed by atoms with Crippen molar-refractivity contribution in [2.45, 2.75) is 12.6 Å². The molecule has 1 aromatic heterocycles. The molecule has 0 aliphatic carbocycles. The molecule has 4 rings (SSSR count). The van der Waals surface area contributed by atoms with Gasteiger partial charge in [0.2, 0.25) is 5.95 Å². The first kappa shape index (κ1) is 19.8. The van der Waals surface area contributed by atoms with E-state index in [0.717, 1.165) is 28.1 Å². The number of carbonyl (C=O) groups excluding carboxylic acids is 1. The molecule has 3 aromatic rings. The van der Waals surface area contributed by atoms with Crippen LogP contribution in [0.15, 0.2) is 66.9 Å². The molecule has 6 nitrogen and oxygen atoms in total. The maximum absolute atomic E-state index is 13.4. The number of aliphatic hydroxyl groups excluding tert-OH is 1. The van der Waals surface area contributed by atoms with Gasteiger partial charge in [0.15, 0.2) is 0 Å². The lowest BCUT2D eigenvalue weighted by Gasteiger charge is -2.22. The average molecular weight is 407 g/mol. The summed E-state index contributed by atoms with van der Waals surface area (Å²) in [6.45, 7) is 0.648. The van der Waals surface area contributed by atoms with Crippen molar-refractivity contribution in [3.8, 4) is 16.9 Å². The molecule has 1 saturated heterocycles. The SMILES string of the molecule is COc1cccc(CN2C(=O)N(c3ccc(-c4ccnc(F)c4)cc3)C[C@@H]2CO)c1. The first-order chi connectivity index (χ1) is 14.6. The highest BCUT2D eigenvalue weighted by Gasteiger charge is 2.37. The quantitative estimate of drug-likeness (QED) is 0.633. The molecule has 154 valence electrons. The number of urea groups is 1. The van der Waals surface area contributed by atoms with Gasteiger partial charge in [-0.15, -0.1) is 0 Å². The number of hydrogen-bond acceptors (Lipinski definition) is 4. The molecule has 2 heterocycles. The van der Waals surface area contributed by atoms with E-state index in [1.165, 1.54) is 12.3 Å². The second-order valence-corrected chi connectivity index (χ2v) is 7.12. The van der Waals surface area contributed by atoms with E-state index in [-0.39, 0.29) is 18.7 Å². The van der Waals surface area contributed by atoms with Crippen molar-refractivity contribution in [2.24, 2.45) is 0 Å². The molecule has 1 aliphatic rings. The van der Waals surface area contributed by atoms with Crippen LogP contribution in [0.25, 0.3) is 11.1 Å². The van der Waals surface area contributed by atoms with Crippen LogP contribution in [0.3, 0.4) is 0 Å². The maximum Gasteiger partial charge on any atom is 0.325 e. The monoisotopic (exact) mass is 407 g/mol. The summed E-state index contributed by atoms with van der Waals surface area (Å²) in [5, 5.41) is 9.83. The highest BCUT2D eigenvalue weighted by molar-refractivity contribution is 5.95. The summed E-state index contributed by atoms with van der Waals surface area (Å²) in [5.41, 5.74) is 3.20. The molecule has 2 amide bonds. The summed E-state index contributed by atoms with van der Waals surface area (Å²) in [7, 11) is 1.60. The fourth-order valence-electron chi connectivity index (χ4n) is 3.65. The van der Waals surface area contributed by atoms with Gasteiger partial charge < -0.3 is 14.7 Å². The van der Waals surface area contributed by atoms with E-state index in [0.29, 0.717) is 13.1 Å². The van der Waals surface area contributed by atoms with E-state index in [2.05, 4.69) is 4.98 Å². The molecule has 7 heteroatoms. The van der Waals surface area contributed by atoms with Gasteiger partial charge in [0.25, 0.3) is 0 Å². The summed E-state index contributed by atoms with van der Waals surface area (Å²) in [6, 6.07) is 17.5. The van der Waals surface area contributed by atoms with Crippen LogP contribution in [0.4, 0.5) is 14.9 Å². The fraction of sp³-hybridized carbons (Fsp3) is 0.217. The standard InChI is InChI=1S/C23H22FN3O3/c1-30-21-4-2-3-16(11-21)13-26-20(15-28)14-27(23(26)29)19-7-5-17(6-8-19)18-9-10-25-22(24)12-18/h2-12,20,28H,13-15H2,1H3/t20-/m1/s1. The Morgan fingerprint density at radius 2 is 1.93 bits per heavy atom. The Bertz CT molecular complexity index is 1040. The van der Waals surface area contributed by atoms with E-state index in [1.807, 2.05) is 48.5 Å². The number of amides is 2. The minimum Gasteiger partial charge on any atom is -0.497 e. The van der Waals surface area contributed by atoms with Crippen LogP contribution in [0, 0.1) is 5.95 Å². The number of methoxy groups -OCH3 is 1. The van der Waals surface area contributed by atoms with E-state index in [9.17, 15) is 14.3 Å². The van der Waals surface area contributed by atoms with E-state index in [4.69, 9.17) is 4.74 Å². The van der Waals surface area contributed by atoms with Crippen molar-refractivity contribution in [1.29, 1.82) is 0 Å². The smallest absolute Gasteiger partial charge is 0.325 e. The third-order valence-electron chi connectivity index (χ3n) is 5.25. The second-order valence-electron chi connectivity index (χ2n) is 7.12. The van der Waals surface area contributed by atoms with Crippen molar-refractivity contribution in [1.82, 2.24) is 9.88 Å². The van der Waals surface area contributed by atoms with Gasteiger partial charge in [-0.3, -0.25) is 4.90 Å². The normalized spacial score (nSPS) is 16.2. The van der Waals surface area contributed by atoms with Crippen molar-refractivity contribution in [3.05, 3.63) is 78.4 Å². The van der Waals surface area contributed by atoms with Crippen LogP contribution in [-0.2, 0) is 6.54 Å². The predicted octanol–water partition coefficient (Wildman–Crippen LogP) is 3.70. The number of rotatable bonds is 6. The molecule has 1 aliphatic heterocycles. The van der Waals surface area contributed by atoms with E-state index >= 15 is 0 Å². The molecule has 1 atom stereocenters. The van der Waals surface area contributed by atoms with Crippen molar-refractivity contribution in [2.75, 3.05) is 25.2 Å². The molecule has 0 radical (unpaired) electrons. The van der Waals surface area contributed by atoms with Gasteiger partial charge >= 0.3 is 6.03 Å². The number of aliphatic hydroxyl groups is 1. The predicted molar refractivity (Wildman–Crippen MR) is 112 cm³/mol. The van der Waals surface area contributed by atoms with Crippen LogP contribution < -0.4 is 9.64 Å². The number of anilines is 1. The van der Waals surface area contributed by atoms with Crippen molar-refractivity contribution in [3.63, 3.8) is 0 Å². The molecule has 1 N–H and O–H groups in total. The van der Waals surface area contributed by atoms with Crippen LogP contribution in [-0.4, -0.2) is 47.3 Å². The Morgan fingerprint density at radius 1 is 1.13 bits per heavy atom. The molecule has 0 bridgehead atoms. The van der Waals surface area contributed by atoms with Gasteiger partial charge in [0, 0.05) is 24.5 Å². The summed E-state index contributed by atoms with van der Waals surface area (Å²) < 4.78 is 18.6. The summed E-state index contributed by atoms with van der Waals surface area (Å²) >= 11 is 0. The third-order valence-corrected chi connectivity index (χ3v) is 5.25. The maximum atomic E-state index is 13.4. The summed E-state index contributed by atoms with van der Waals surface area (Å²) in [5.74, 6) is 0.185. The largest absolute Gasteiger partial charge is 0.497 e. The van der Waals surface area contributed by atoms with Gasteiger partial charge in [0.05, 0.1) is 26.3 Å². The Balaban J connectivity index is 1.54. The number of nitrogens with zero attached hydrogens (tertiary/aromatic N) is 3. The van der Waals surface area contributed by atoms with E-state index in [1.54, 1.807) is 23.0 Å². The average Bonchev–Trinajstić information content (AvgIpc) is 3.09. The lowest BCUT2D eigenvalue weighted by Crippen LogP contribution is -2.36. The van der Waals surface area contributed by atoms with E-state index < -0.39 is 5.95 Å². The number of ether oxygens (including phenoxy) is 1. The number of pyridine rings is 1. The minimum atomic E-state index is -0.537. The molecule has 30 heavy (non-hydrogen) atoms. The first-order valence-corrected chi connectivity index (χ1v) is 9.63. The van der Waals surface area contributed by atoms with Crippen LogP contribution in [0.1, 0.15) is 5.56 Å². The van der Waals surface area contributed by atoms with Crippen molar-refractivity contribution >= 4 is 11.7 Å². The van der Waals surface area contributed by atoms with Gasteiger partial charge in [0.1, 0.15) is 5.75 Å². The third kappa shape index (κ3) is 3.97. The second kappa shape index (κ2) is 8.51. The number of benzene rings is 2. The Morgan fingerprint density at radius 3 is 2.63 bits per heavy atom. The lowest BCUT2D eigenvalue weighted by atomic mass is 10.1. The Kier molecular flexibility index (Phi) is 5.63. The molecule has 0 spiro atoms. The molecular formula is C23H22FN3O3. The van der Waals surface area contributed by atoms with Gasteiger partial charge in [-0.25, -0.2) is 9.78 Å². The molecule has 0 unspecified atom stereocenters. The van der Waals surface area contributed by atoms with Crippen molar-refractivity contribution < 1.29 is 19.0 Å². The highest BCUT2D eigenvalue weighted by Crippen LogP contribution is 2.28. The van der Waals surface area contributed by atoms with Gasteiger partial charge in [-0.1, -0.05) is 24.3 Å². The van der Waals surface area contributed by atoms with Crippen LogP contribution >= 0.6 is 0 Å². The Labute approximate surface area is 174 Å². The summed E-state index contributed by atoms with van der Waals surface area (Å²) in [4.78, 5) is 20.0. The first-order valence-electron chi connectivity index (χ1n) is 9.63. The lowest BCUT2D eigenvalue weighted by molar-refractivity contribution is 0.161.